The Morgan fingerprint density at radius 3 is 2.50 bits per heavy atom. The lowest BCUT2D eigenvalue weighted by Crippen LogP contribution is -1.98. The summed E-state index contributed by atoms with van der Waals surface area (Å²) in [4.78, 5) is 10.3. The van der Waals surface area contributed by atoms with E-state index in [0.717, 1.165) is 19.1 Å². The van der Waals surface area contributed by atoms with Crippen LogP contribution in [0.15, 0.2) is 23.8 Å². The lowest BCUT2D eigenvalue weighted by atomic mass is 9.98. The Labute approximate surface area is 75.2 Å². The molecule has 0 spiro atoms. The average Bonchev–Trinajstić information content (AvgIpc) is 2.02. The molecule has 1 nitrogen and oxygen atoms in total. The van der Waals surface area contributed by atoms with Crippen LogP contribution in [0.4, 0.5) is 0 Å². The standard InChI is InChI=1S/C11H18O/c1-9(2)6-5-7-10(3)11(4)8-12/h6,8,10H,4-5,7H2,1-3H3. The van der Waals surface area contributed by atoms with Gasteiger partial charge >= 0.3 is 0 Å². The summed E-state index contributed by atoms with van der Waals surface area (Å²) in [6, 6.07) is 0. The van der Waals surface area contributed by atoms with Crippen LogP contribution in [0.25, 0.3) is 0 Å². The summed E-state index contributed by atoms with van der Waals surface area (Å²) < 4.78 is 0. The molecule has 0 rings (SSSR count). The molecule has 0 aromatic rings. The van der Waals surface area contributed by atoms with Gasteiger partial charge in [-0.25, -0.2) is 0 Å². The summed E-state index contributed by atoms with van der Waals surface area (Å²) in [6.45, 7) is 9.88. The molecule has 12 heavy (non-hydrogen) atoms. The van der Waals surface area contributed by atoms with E-state index in [9.17, 15) is 4.79 Å². The van der Waals surface area contributed by atoms with E-state index in [1.54, 1.807) is 0 Å². The summed E-state index contributed by atoms with van der Waals surface area (Å²) in [5, 5.41) is 0. The molecule has 68 valence electrons. The molecule has 0 saturated heterocycles. The van der Waals surface area contributed by atoms with Crippen LogP contribution in [-0.4, -0.2) is 6.29 Å². The van der Waals surface area contributed by atoms with Crippen molar-refractivity contribution in [2.24, 2.45) is 5.92 Å². The van der Waals surface area contributed by atoms with E-state index in [2.05, 4.69) is 26.5 Å². The third-order valence-corrected chi connectivity index (χ3v) is 1.94. The van der Waals surface area contributed by atoms with Crippen LogP contribution in [0.3, 0.4) is 0 Å². The van der Waals surface area contributed by atoms with Crippen molar-refractivity contribution in [1.82, 2.24) is 0 Å². The Kier molecular flexibility index (Phi) is 5.35. The molecule has 1 heteroatoms. The van der Waals surface area contributed by atoms with Crippen molar-refractivity contribution in [3.8, 4) is 0 Å². The first-order valence-electron chi connectivity index (χ1n) is 4.35. The molecular formula is C11H18O. The summed E-state index contributed by atoms with van der Waals surface area (Å²) in [7, 11) is 0. The van der Waals surface area contributed by atoms with Crippen LogP contribution in [0.1, 0.15) is 33.6 Å². The zero-order chi connectivity index (χ0) is 9.56. The predicted octanol–water partition coefficient (Wildman–Crippen LogP) is 3.12. The fourth-order valence-electron chi connectivity index (χ4n) is 0.924. The van der Waals surface area contributed by atoms with Crippen LogP contribution in [0.5, 0.6) is 0 Å². The number of carbonyl (C=O) groups is 1. The zero-order valence-electron chi connectivity index (χ0n) is 8.26. The monoisotopic (exact) mass is 166 g/mol. The molecule has 0 aliphatic carbocycles. The Balaban J connectivity index is 3.71. The lowest BCUT2D eigenvalue weighted by Gasteiger charge is -2.07. The second kappa shape index (κ2) is 5.76. The van der Waals surface area contributed by atoms with Crippen molar-refractivity contribution in [2.75, 3.05) is 0 Å². The molecule has 0 radical (unpaired) electrons. The summed E-state index contributed by atoms with van der Waals surface area (Å²) in [6.07, 6.45) is 5.10. The van der Waals surface area contributed by atoms with Gasteiger partial charge in [-0.05, 0) is 38.2 Å². The summed E-state index contributed by atoms with van der Waals surface area (Å²) in [5.74, 6) is 0.318. The molecule has 0 saturated carbocycles. The number of hydrogen-bond donors (Lipinski definition) is 0. The number of aldehydes is 1. The minimum absolute atomic E-state index is 0.318. The van der Waals surface area contributed by atoms with E-state index in [-0.39, 0.29) is 0 Å². The first-order chi connectivity index (χ1) is 5.57. The highest BCUT2D eigenvalue weighted by atomic mass is 16.1. The van der Waals surface area contributed by atoms with E-state index >= 15 is 0 Å². The van der Waals surface area contributed by atoms with E-state index in [0.29, 0.717) is 11.5 Å². The van der Waals surface area contributed by atoms with Crippen molar-refractivity contribution >= 4 is 6.29 Å². The molecule has 0 aromatic heterocycles. The summed E-state index contributed by atoms with van der Waals surface area (Å²) >= 11 is 0. The van der Waals surface area contributed by atoms with E-state index < -0.39 is 0 Å². The van der Waals surface area contributed by atoms with Gasteiger partial charge in [-0.3, -0.25) is 4.79 Å². The third-order valence-electron chi connectivity index (χ3n) is 1.94. The van der Waals surface area contributed by atoms with Gasteiger partial charge in [-0.15, -0.1) is 0 Å². The van der Waals surface area contributed by atoms with Gasteiger partial charge < -0.3 is 0 Å². The van der Waals surface area contributed by atoms with Crippen molar-refractivity contribution in [3.63, 3.8) is 0 Å². The first kappa shape index (κ1) is 11.2. The number of rotatable bonds is 5. The van der Waals surface area contributed by atoms with E-state index in [4.69, 9.17) is 0 Å². The fraction of sp³-hybridized carbons (Fsp3) is 0.545. The van der Waals surface area contributed by atoms with Gasteiger partial charge in [0, 0.05) is 0 Å². The van der Waals surface area contributed by atoms with Crippen LogP contribution in [0.2, 0.25) is 0 Å². The van der Waals surface area contributed by atoms with Crippen molar-refractivity contribution < 1.29 is 4.79 Å². The Bertz CT molecular complexity index is 185. The smallest absolute Gasteiger partial charge is 0.145 e. The van der Waals surface area contributed by atoms with Crippen LogP contribution < -0.4 is 0 Å². The lowest BCUT2D eigenvalue weighted by molar-refractivity contribution is -0.105. The third kappa shape index (κ3) is 4.89. The highest BCUT2D eigenvalue weighted by molar-refractivity contribution is 5.72. The van der Waals surface area contributed by atoms with E-state index in [1.807, 2.05) is 6.92 Å². The second-order valence-electron chi connectivity index (χ2n) is 3.45. The Hall–Kier alpha value is -0.850. The quantitative estimate of drug-likeness (QED) is 0.348. The Morgan fingerprint density at radius 2 is 2.08 bits per heavy atom. The van der Waals surface area contributed by atoms with Crippen LogP contribution in [0, 0.1) is 5.92 Å². The number of allylic oxidation sites excluding steroid dienone is 3. The highest BCUT2D eigenvalue weighted by Gasteiger charge is 2.03. The molecule has 0 aliphatic heterocycles. The molecule has 1 atom stereocenters. The molecule has 0 bridgehead atoms. The summed E-state index contributed by atoms with van der Waals surface area (Å²) in [5.41, 5.74) is 2.04. The molecule has 1 unspecified atom stereocenters. The van der Waals surface area contributed by atoms with Crippen molar-refractivity contribution in [2.45, 2.75) is 33.6 Å². The zero-order valence-corrected chi connectivity index (χ0v) is 8.26. The molecular weight excluding hydrogens is 148 g/mol. The Morgan fingerprint density at radius 1 is 1.50 bits per heavy atom. The average molecular weight is 166 g/mol. The van der Waals surface area contributed by atoms with Gasteiger partial charge in [-0.2, -0.15) is 0 Å². The number of carbonyl (C=O) groups excluding carboxylic acids is 1. The molecule has 0 fully saturated rings. The van der Waals surface area contributed by atoms with Gasteiger partial charge in [-0.1, -0.05) is 25.2 Å². The maximum absolute atomic E-state index is 10.3. The predicted molar refractivity (Wildman–Crippen MR) is 53.0 cm³/mol. The molecule has 0 amide bonds. The van der Waals surface area contributed by atoms with Crippen molar-refractivity contribution in [1.29, 1.82) is 0 Å². The van der Waals surface area contributed by atoms with Gasteiger partial charge in [0.1, 0.15) is 6.29 Å². The highest BCUT2D eigenvalue weighted by Crippen LogP contribution is 2.13. The van der Waals surface area contributed by atoms with Crippen molar-refractivity contribution in [3.05, 3.63) is 23.8 Å². The fourth-order valence-corrected chi connectivity index (χ4v) is 0.924. The van der Waals surface area contributed by atoms with Crippen LogP contribution >= 0.6 is 0 Å². The maximum Gasteiger partial charge on any atom is 0.145 e. The maximum atomic E-state index is 10.3. The molecule has 0 heterocycles. The van der Waals surface area contributed by atoms with Gasteiger partial charge in [0.05, 0.1) is 0 Å². The van der Waals surface area contributed by atoms with E-state index in [1.165, 1.54) is 5.57 Å². The van der Waals surface area contributed by atoms with Gasteiger partial charge in [0.2, 0.25) is 0 Å². The normalized spacial score (nSPS) is 11.9. The molecule has 0 aromatic carbocycles. The first-order valence-corrected chi connectivity index (χ1v) is 4.35. The largest absolute Gasteiger partial charge is 0.298 e. The van der Waals surface area contributed by atoms with Crippen LogP contribution in [-0.2, 0) is 4.79 Å². The van der Waals surface area contributed by atoms with Gasteiger partial charge in [0.25, 0.3) is 0 Å². The van der Waals surface area contributed by atoms with Gasteiger partial charge in [0.15, 0.2) is 0 Å². The number of hydrogen-bond acceptors (Lipinski definition) is 1. The minimum atomic E-state index is 0.318. The SMILES string of the molecule is C=C(C=O)C(C)CCC=C(C)C. The molecule has 0 N–H and O–H groups in total. The topological polar surface area (TPSA) is 17.1 Å². The minimum Gasteiger partial charge on any atom is -0.298 e. The second-order valence-corrected chi connectivity index (χ2v) is 3.45. The molecule has 0 aliphatic rings.